The zero-order valence-electron chi connectivity index (χ0n) is 17.9. The number of carbonyl (C=O) groups is 3. The number of esters is 3. The van der Waals surface area contributed by atoms with E-state index in [-0.39, 0.29) is 18.1 Å². The summed E-state index contributed by atoms with van der Waals surface area (Å²) in [4.78, 5) is 47.5. The fraction of sp³-hybridized carbons (Fsp3) is 0.526. The maximum Gasteiger partial charge on any atom is 0.303 e. The fourth-order valence-corrected chi connectivity index (χ4v) is 3.36. The third-order valence-corrected chi connectivity index (χ3v) is 4.48. The summed E-state index contributed by atoms with van der Waals surface area (Å²) in [5.74, 6) is -1.59. The van der Waals surface area contributed by atoms with Crippen LogP contribution in [0.25, 0.3) is 11.2 Å². The van der Waals surface area contributed by atoms with E-state index in [1.807, 2.05) is 13.0 Å². The maximum atomic E-state index is 11.8. The summed E-state index contributed by atoms with van der Waals surface area (Å²) in [6, 6.07) is 1.89. The molecular weight excluding hydrogens is 424 g/mol. The second-order valence-electron chi connectivity index (χ2n) is 6.88. The molecule has 1 saturated heterocycles. The highest BCUT2D eigenvalue weighted by molar-refractivity contribution is 5.83. The molecule has 170 valence electrons. The highest BCUT2D eigenvalue weighted by Gasteiger charge is 2.51. The predicted molar refractivity (Wildman–Crippen MR) is 106 cm³/mol. The largest absolute Gasteiger partial charge is 0.463 e. The molecule has 13 nitrogen and oxygen atoms in total. The molecule has 0 aliphatic carbocycles. The van der Waals surface area contributed by atoms with Crippen LogP contribution in [-0.2, 0) is 33.3 Å². The lowest BCUT2D eigenvalue weighted by molar-refractivity contribution is -0.166. The molecule has 2 aromatic heterocycles. The van der Waals surface area contributed by atoms with Gasteiger partial charge >= 0.3 is 17.9 Å². The van der Waals surface area contributed by atoms with Gasteiger partial charge in [0, 0.05) is 27.3 Å². The van der Waals surface area contributed by atoms with Crippen molar-refractivity contribution in [1.29, 1.82) is 5.26 Å². The van der Waals surface area contributed by atoms with Gasteiger partial charge in [0.15, 0.2) is 35.4 Å². The summed E-state index contributed by atoms with van der Waals surface area (Å²) in [6.07, 6.45) is -2.74. The van der Waals surface area contributed by atoms with Gasteiger partial charge in [-0.05, 0) is 6.92 Å². The summed E-state index contributed by atoms with van der Waals surface area (Å²) in [7, 11) is 0. The van der Waals surface area contributed by atoms with Crippen LogP contribution in [0.2, 0.25) is 0 Å². The standard InChI is InChI=1S/C19H22N6O7/c1-5-21-17-14-18(24-13(6-20)23-17)25(8-22-14)19-16(31-11(4)28)15(30-10(3)27)12(32-19)7-29-9(2)26/h8,12,15-16,19H,5,7H2,1-4H3,(H,21,23,24). The van der Waals surface area contributed by atoms with E-state index in [2.05, 4.69) is 20.3 Å². The molecule has 2 aromatic rings. The van der Waals surface area contributed by atoms with Crippen molar-refractivity contribution in [3.63, 3.8) is 0 Å². The van der Waals surface area contributed by atoms with Crippen molar-refractivity contribution < 1.29 is 33.3 Å². The highest BCUT2D eigenvalue weighted by Crippen LogP contribution is 2.36. The molecule has 1 aliphatic heterocycles. The van der Waals surface area contributed by atoms with E-state index in [0.29, 0.717) is 17.9 Å². The Morgan fingerprint density at radius 2 is 1.84 bits per heavy atom. The van der Waals surface area contributed by atoms with Crippen LogP contribution in [0, 0.1) is 11.3 Å². The minimum Gasteiger partial charge on any atom is -0.463 e. The lowest BCUT2D eigenvalue weighted by Crippen LogP contribution is -2.40. The molecule has 1 N–H and O–H groups in total. The minimum atomic E-state index is -1.10. The second-order valence-corrected chi connectivity index (χ2v) is 6.88. The quantitative estimate of drug-likeness (QED) is 0.461. The van der Waals surface area contributed by atoms with Gasteiger partial charge in [-0.3, -0.25) is 19.0 Å². The van der Waals surface area contributed by atoms with Gasteiger partial charge in [-0.15, -0.1) is 0 Å². The van der Waals surface area contributed by atoms with Gasteiger partial charge in [0.1, 0.15) is 18.8 Å². The molecule has 3 rings (SSSR count). The average Bonchev–Trinajstić information content (AvgIpc) is 3.27. The van der Waals surface area contributed by atoms with Gasteiger partial charge in [0.05, 0.1) is 6.33 Å². The van der Waals surface area contributed by atoms with Crippen LogP contribution in [0.15, 0.2) is 6.33 Å². The third kappa shape index (κ3) is 4.75. The molecular formula is C19H22N6O7. The van der Waals surface area contributed by atoms with Crippen LogP contribution in [0.1, 0.15) is 39.7 Å². The van der Waals surface area contributed by atoms with E-state index >= 15 is 0 Å². The summed E-state index contributed by atoms with van der Waals surface area (Å²) in [5.41, 5.74) is 0.605. The van der Waals surface area contributed by atoms with Crippen molar-refractivity contribution in [2.24, 2.45) is 0 Å². The molecule has 3 heterocycles. The molecule has 32 heavy (non-hydrogen) atoms. The predicted octanol–water partition coefficient (Wildman–Crippen LogP) is 0.454. The smallest absolute Gasteiger partial charge is 0.303 e. The first-order chi connectivity index (χ1) is 15.2. The van der Waals surface area contributed by atoms with Crippen LogP contribution in [0.3, 0.4) is 0 Å². The number of rotatable bonds is 7. The maximum absolute atomic E-state index is 11.8. The number of nitrogens with one attached hydrogen (secondary N) is 1. The number of hydrogen-bond donors (Lipinski definition) is 1. The van der Waals surface area contributed by atoms with Gasteiger partial charge in [-0.1, -0.05) is 0 Å². The number of nitrogens with zero attached hydrogens (tertiary/aromatic N) is 5. The fourth-order valence-electron chi connectivity index (χ4n) is 3.36. The molecule has 0 spiro atoms. The SMILES string of the molecule is CCNc1nc(C#N)nc2c1ncn2C1OC(COC(C)=O)C(OC(C)=O)C1OC(C)=O. The Hall–Kier alpha value is -3.79. The topological polar surface area (TPSA) is 168 Å². The summed E-state index contributed by atoms with van der Waals surface area (Å²) < 4.78 is 23.3. The monoisotopic (exact) mass is 446 g/mol. The van der Waals surface area contributed by atoms with E-state index in [0.717, 1.165) is 0 Å². The van der Waals surface area contributed by atoms with E-state index in [4.69, 9.17) is 18.9 Å². The van der Waals surface area contributed by atoms with Gasteiger partial charge in [0.25, 0.3) is 0 Å². The van der Waals surface area contributed by atoms with Crippen molar-refractivity contribution in [1.82, 2.24) is 19.5 Å². The molecule has 0 radical (unpaired) electrons. The first kappa shape index (κ1) is 22.9. The summed E-state index contributed by atoms with van der Waals surface area (Å²) in [6.45, 7) is 5.77. The zero-order chi connectivity index (χ0) is 23.4. The van der Waals surface area contributed by atoms with Gasteiger partial charge in [0.2, 0.25) is 5.82 Å². The number of fused-ring (bicyclic) bond motifs is 1. The molecule has 1 aliphatic rings. The Morgan fingerprint density at radius 3 is 2.44 bits per heavy atom. The van der Waals surface area contributed by atoms with Crippen molar-refractivity contribution >= 4 is 34.9 Å². The number of ether oxygens (including phenoxy) is 4. The number of anilines is 1. The number of aromatic nitrogens is 4. The molecule has 4 atom stereocenters. The zero-order valence-corrected chi connectivity index (χ0v) is 17.9. The van der Waals surface area contributed by atoms with Crippen LogP contribution in [0.5, 0.6) is 0 Å². The normalized spacial score (nSPS) is 22.2. The molecule has 0 bridgehead atoms. The average molecular weight is 446 g/mol. The Labute approximate surface area is 182 Å². The van der Waals surface area contributed by atoms with E-state index in [1.54, 1.807) is 0 Å². The number of imidazole rings is 1. The lowest BCUT2D eigenvalue weighted by atomic mass is 10.1. The Kier molecular flexibility index (Phi) is 6.84. The lowest BCUT2D eigenvalue weighted by Gasteiger charge is -2.23. The molecule has 0 aromatic carbocycles. The Morgan fingerprint density at radius 1 is 1.16 bits per heavy atom. The Bertz CT molecular complexity index is 1080. The minimum absolute atomic E-state index is 0.106. The van der Waals surface area contributed by atoms with Gasteiger partial charge in [-0.25, -0.2) is 4.98 Å². The molecule has 0 amide bonds. The van der Waals surface area contributed by atoms with Crippen molar-refractivity contribution in [2.45, 2.75) is 52.2 Å². The molecule has 13 heteroatoms. The van der Waals surface area contributed by atoms with Crippen molar-refractivity contribution in [2.75, 3.05) is 18.5 Å². The van der Waals surface area contributed by atoms with Crippen LogP contribution in [0.4, 0.5) is 5.82 Å². The first-order valence-corrected chi connectivity index (χ1v) is 9.76. The van der Waals surface area contributed by atoms with Crippen LogP contribution in [-0.4, -0.2) is 68.9 Å². The van der Waals surface area contributed by atoms with Crippen molar-refractivity contribution in [3.05, 3.63) is 12.2 Å². The van der Waals surface area contributed by atoms with E-state index in [1.165, 1.54) is 31.7 Å². The van der Waals surface area contributed by atoms with Crippen molar-refractivity contribution in [3.8, 4) is 6.07 Å². The summed E-state index contributed by atoms with van der Waals surface area (Å²) in [5, 5.41) is 12.3. The van der Waals surface area contributed by atoms with E-state index < -0.39 is 42.4 Å². The Balaban J connectivity index is 2.09. The van der Waals surface area contributed by atoms with E-state index in [9.17, 15) is 19.6 Å². The third-order valence-electron chi connectivity index (χ3n) is 4.48. The molecule has 4 unspecified atom stereocenters. The first-order valence-electron chi connectivity index (χ1n) is 9.76. The highest BCUT2D eigenvalue weighted by atomic mass is 16.7. The summed E-state index contributed by atoms with van der Waals surface area (Å²) >= 11 is 0. The number of carbonyl (C=O) groups excluding carboxylic acids is 3. The van der Waals surface area contributed by atoms with Crippen LogP contribution < -0.4 is 5.32 Å². The van der Waals surface area contributed by atoms with Gasteiger partial charge in [-0.2, -0.15) is 15.2 Å². The molecule has 0 saturated carbocycles. The van der Waals surface area contributed by atoms with Crippen LogP contribution >= 0.6 is 0 Å². The van der Waals surface area contributed by atoms with Gasteiger partial charge < -0.3 is 24.3 Å². The molecule has 1 fully saturated rings. The number of nitriles is 1. The second kappa shape index (κ2) is 9.56. The number of hydrogen-bond acceptors (Lipinski definition) is 12.